The van der Waals surface area contributed by atoms with E-state index in [0.717, 1.165) is 11.8 Å². The second kappa shape index (κ2) is 6.35. The lowest BCUT2D eigenvalue weighted by molar-refractivity contribution is 0.384. The number of sulfonamides is 1. The molecule has 0 amide bonds. The smallest absolute Gasteiger partial charge is 0.239 e. The molecule has 0 saturated heterocycles. The highest BCUT2D eigenvalue weighted by atomic mass is 32.2. The molecule has 0 radical (unpaired) electrons. The third-order valence-electron chi connectivity index (χ3n) is 3.51. The average molecular weight is 355 g/mol. The van der Waals surface area contributed by atoms with Gasteiger partial charge in [0.15, 0.2) is 5.82 Å². The van der Waals surface area contributed by atoms with Gasteiger partial charge in [0.2, 0.25) is 15.9 Å². The number of hydrogen-bond donors (Lipinski definition) is 1. The van der Waals surface area contributed by atoms with Gasteiger partial charge in [-0.15, -0.1) is 0 Å². The predicted molar refractivity (Wildman–Crippen MR) is 89.4 cm³/mol. The van der Waals surface area contributed by atoms with Crippen LogP contribution in [0.2, 0.25) is 0 Å². The van der Waals surface area contributed by atoms with Crippen LogP contribution in [-0.2, 0) is 10.0 Å². The first-order valence-electron chi connectivity index (χ1n) is 7.06. The molecule has 3 aromatic rings. The van der Waals surface area contributed by atoms with Gasteiger partial charge in [0.25, 0.3) is 0 Å². The molecule has 0 fully saturated rings. The van der Waals surface area contributed by atoms with Crippen molar-refractivity contribution in [1.82, 2.24) is 14.8 Å². The number of nitrogens with zero attached hydrogens (tertiary/aromatic N) is 4. The number of primary sulfonamides is 1. The molecule has 0 bridgehead atoms. The summed E-state index contributed by atoms with van der Waals surface area (Å²) >= 11 is 0. The Morgan fingerprint density at radius 3 is 2.40 bits per heavy atom. The molecule has 0 unspecified atom stereocenters. The Labute approximate surface area is 144 Å². The number of ether oxygens (including phenoxy) is 1. The molecule has 0 aliphatic carbocycles. The van der Waals surface area contributed by atoms with Gasteiger partial charge < -0.3 is 4.74 Å². The lowest BCUT2D eigenvalue weighted by Crippen LogP contribution is -2.13. The minimum Gasteiger partial charge on any atom is -0.480 e. The van der Waals surface area contributed by atoms with Crippen LogP contribution in [0.25, 0.3) is 16.9 Å². The van der Waals surface area contributed by atoms with E-state index in [9.17, 15) is 8.42 Å². The van der Waals surface area contributed by atoms with Crippen LogP contribution in [0, 0.1) is 11.3 Å². The second-order valence-electron chi connectivity index (χ2n) is 5.07. The van der Waals surface area contributed by atoms with E-state index in [0.29, 0.717) is 22.8 Å². The first kappa shape index (κ1) is 16.6. The Morgan fingerprint density at radius 1 is 1.16 bits per heavy atom. The van der Waals surface area contributed by atoms with Crippen LogP contribution in [0.15, 0.2) is 53.7 Å². The maximum Gasteiger partial charge on any atom is 0.239 e. The minimum atomic E-state index is -3.81. The quantitative estimate of drug-likeness (QED) is 0.755. The predicted octanol–water partition coefficient (Wildman–Crippen LogP) is 1.46. The molecule has 8 nitrogen and oxygen atoms in total. The van der Waals surface area contributed by atoms with Gasteiger partial charge in [-0.2, -0.15) is 15.0 Å². The van der Waals surface area contributed by atoms with Crippen molar-refractivity contribution < 1.29 is 13.2 Å². The van der Waals surface area contributed by atoms with Crippen molar-refractivity contribution in [2.24, 2.45) is 5.14 Å². The van der Waals surface area contributed by atoms with Crippen molar-refractivity contribution >= 4 is 10.0 Å². The third-order valence-corrected chi connectivity index (χ3v) is 4.41. The molecule has 126 valence electrons. The summed E-state index contributed by atoms with van der Waals surface area (Å²) in [5.74, 6) is 0.810. The van der Waals surface area contributed by atoms with Crippen LogP contribution in [0.1, 0.15) is 5.56 Å². The van der Waals surface area contributed by atoms with Crippen LogP contribution < -0.4 is 9.88 Å². The van der Waals surface area contributed by atoms with Gasteiger partial charge in [0.05, 0.1) is 30.5 Å². The molecule has 2 heterocycles. The van der Waals surface area contributed by atoms with Gasteiger partial charge >= 0.3 is 0 Å². The Bertz CT molecular complexity index is 1050. The second-order valence-corrected chi connectivity index (χ2v) is 6.63. The van der Waals surface area contributed by atoms with Gasteiger partial charge in [-0.1, -0.05) is 12.1 Å². The molecule has 0 spiro atoms. The number of aromatic nitrogens is 3. The Hall–Kier alpha value is -3.22. The molecule has 0 saturated carbocycles. The van der Waals surface area contributed by atoms with Crippen molar-refractivity contribution in [3.8, 4) is 28.9 Å². The zero-order valence-corrected chi connectivity index (χ0v) is 13.9. The normalized spacial score (nSPS) is 11.1. The number of benzene rings is 1. The summed E-state index contributed by atoms with van der Waals surface area (Å²) in [4.78, 5) is 3.99. The minimum absolute atomic E-state index is 0.0883. The molecule has 0 atom stereocenters. The highest BCUT2D eigenvalue weighted by Crippen LogP contribution is 2.31. The summed E-state index contributed by atoms with van der Waals surface area (Å²) in [7, 11) is -2.31. The first-order chi connectivity index (χ1) is 11.9. The lowest BCUT2D eigenvalue weighted by atomic mass is 10.1. The van der Waals surface area contributed by atoms with Crippen molar-refractivity contribution in [3.05, 3.63) is 54.4 Å². The number of methoxy groups -OCH3 is 1. The monoisotopic (exact) mass is 355 g/mol. The fraction of sp³-hybridized carbons (Fsp3) is 0.0625. The van der Waals surface area contributed by atoms with E-state index in [-0.39, 0.29) is 4.90 Å². The molecule has 2 N–H and O–H groups in total. The summed E-state index contributed by atoms with van der Waals surface area (Å²) < 4.78 is 29.5. The molecule has 9 heteroatoms. The van der Waals surface area contributed by atoms with Crippen LogP contribution >= 0.6 is 0 Å². The summed E-state index contributed by atoms with van der Waals surface area (Å²) in [6, 6.07) is 11.9. The topological polar surface area (TPSA) is 124 Å². The van der Waals surface area contributed by atoms with Gasteiger partial charge in [0.1, 0.15) is 4.90 Å². The fourth-order valence-corrected chi connectivity index (χ4v) is 2.74. The Morgan fingerprint density at radius 2 is 1.88 bits per heavy atom. The molecule has 2 aromatic heterocycles. The zero-order valence-electron chi connectivity index (χ0n) is 13.1. The zero-order chi connectivity index (χ0) is 18.0. The van der Waals surface area contributed by atoms with Gasteiger partial charge in [-0.05, 0) is 29.8 Å². The van der Waals surface area contributed by atoms with Crippen LogP contribution in [0.5, 0.6) is 5.88 Å². The molecular weight excluding hydrogens is 342 g/mol. The van der Waals surface area contributed by atoms with E-state index >= 15 is 0 Å². The van der Waals surface area contributed by atoms with E-state index in [1.165, 1.54) is 23.9 Å². The molecule has 25 heavy (non-hydrogen) atoms. The SMILES string of the molecule is COc1c(-c2ccc(C#N)cc2)cnn1-c1ccc(S(N)(=O)=O)cn1. The third kappa shape index (κ3) is 3.21. The lowest BCUT2D eigenvalue weighted by Gasteiger charge is -2.08. The first-order valence-corrected chi connectivity index (χ1v) is 8.60. The van der Waals surface area contributed by atoms with Crippen molar-refractivity contribution in [3.63, 3.8) is 0 Å². The fourth-order valence-electron chi connectivity index (χ4n) is 2.29. The molecule has 1 aromatic carbocycles. The standard InChI is InChI=1S/C16H13N5O3S/c1-24-16-14(12-4-2-11(8-17)3-5-12)10-20-21(16)15-7-6-13(9-19-15)25(18,22)23/h2-7,9-10H,1H3,(H2,18,22,23). The largest absolute Gasteiger partial charge is 0.480 e. The summed E-state index contributed by atoms with van der Waals surface area (Å²) in [5, 5.41) is 18.2. The van der Waals surface area contributed by atoms with Crippen molar-refractivity contribution in [2.45, 2.75) is 4.90 Å². The van der Waals surface area contributed by atoms with E-state index in [2.05, 4.69) is 16.2 Å². The van der Waals surface area contributed by atoms with Crippen LogP contribution in [0.3, 0.4) is 0 Å². The van der Waals surface area contributed by atoms with Gasteiger partial charge in [-0.25, -0.2) is 18.5 Å². The highest BCUT2D eigenvalue weighted by molar-refractivity contribution is 7.89. The average Bonchev–Trinajstić information content (AvgIpc) is 3.05. The van der Waals surface area contributed by atoms with E-state index in [4.69, 9.17) is 15.1 Å². The van der Waals surface area contributed by atoms with Crippen LogP contribution in [0.4, 0.5) is 0 Å². The number of pyridine rings is 1. The van der Waals surface area contributed by atoms with E-state index < -0.39 is 10.0 Å². The van der Waals surface area contributed by atoms with Gasteiger partial charge in [0, 0.05) is 6.20 Å². The number of nitriles is 1. The van der Waals surface area contributed by atoms with Gasteiger partial charge in [-0.3, -0.25) is 0 Å². The summed E-state index contributed by atoms with van der Waals surface area (Å²) in [6.45, 7) is 0. The number of hydrogen-bond acceptors (Lipinski definition) is 6. The maximum absolute atomic E-state index is 11.3. The molecular formula is C16H13N5O3S. The maximum atomic E-state index is 11.3. The van der Waals surface area contributed by atoms with E-state index in [1.54, 1.807) is 30.5 Å². The molecule has 3 rings (SSSR count). The number of rotatable bonds is 4. The molecule has 0 aliphatic heterocycles. The summed E-state index contributed by atoms with van der Waals surface area (Å²) in [5.41, 5.74) is 2.09. The highest BCUT2D eigenvalue weighted by Gasteiger charge is 2.16. The van der Waals surface area contributed by atoms with Crippen molar-refractivity contribution in [1.29, 1.82) is 5.26 Å². The summed E-state index contributed by atoms with van der Waals surface area (Å²) in [6.07, 6.45) is 2.77. The Balaban J connectivity index is 2.04. The Kier molecular flexibility index (Phi) is 4.22. The number of nitrogens with two attached hydrogens (primary N) is 1. The van der Waals surface area contributed by atoms with Crippen LogP contribution in [-0.4, -0.2) is 30.3 Å². The molecule has 0 aliphatic rings. The van der Waals surface area contributed by atoms with Crippen molar-refractivity contribution in [2.75, 3.05) is 7.11 Å². The van der Waals surface area contributed by atoms with E-state index in [1.807, 2.05) is 0 Å².